The van der Waals surface area contributed by atoms with E-state index in [1.807, 2.05) is 10.6 Å². The lowest BCUT2D eigenvalue weighted by molar-refractivity contribution is 0.263. The second-order valence-electron chi connectivity index (χ2n) is 4.42. The Balaban J connectivity index is 2.11. The predicted molar refractivity (Wildman–Crippen MR) is 77.0 cm³/mol. The van der Waals surface area contributed by atoms with Crippen LogP contribution in [-0.2, 0) is 18.9 Å². The Morgan fingerprint density at radius 1 is 1.26 bits per heavy atom. The Morgan fingerprint density at radius 2 is 2.05 bits per heavy atom. The average molecular weight is 277 g/mol. The second kappa shape index (κ2) is 6.73. The van der Waals surface area contributed by atoms with Crippen LogP contribution in [0, 0.1) is 6.92 Å². The van der Waals surface area contributed by atoms with Gasteiger partial charge < -0.3 is 9.67 Å². The first-order valence-corrected chi connectivity index (χ1v) is 7.45. The van der Waals surface area contributed by atoms with Gasteiger partial charge in [0.2, 0.25) is 0 Å². The van der Waals surface area contributed by atoms with E-state index in [4.69, 9.17) is 0 Å². The molecule has 102 valence electrons. The van der Waals surface area contributed by atoms with E-state index >= 15 is 0 Å². The van der Waals surface area contributed by atoms with E-state index in [0.29, 0.717) is 5.82 Å². The molecule has 0 aliphatic rings. The molecule has 0 bridgehead atoms. The van der Waals surface area contributed by atoms with E-state index in [9.17, 15) is 5.11 Å². The van der Waals surface area contributed by atoms with E-state index in [2.05, 4.69) is 42.2 Å². The molecule has 5 heteroatoms. The van der Waals surface area contributed by atoms with Gasteiger partial charge in [-0.05, 0) is 24.5 Å². The van der Waals surface area contributed by atoms with Crippen LogP contribution in [0.15, 0.2) is 29.4 Å². The standard InChI is InChI=1S/C14H19N3OS/c1-3-8-17-13(9-18)15-16-14(17)19-10-12-7-5-4-6-11(12)2/h4-7,18H,3,8-10H2,1-2H3. The van der Waals surface area contributed by atoms with Crippen molar-refractivity contribution < 1.29 is 5.11 Å². The van der Waals surface area contributed by atoms with Crippen molar-refractivity contribution in [1.29, 1.82) is 0 Å². The van der Waals surface area contributed by atoms with Crippen molar-refractivity contribution in [2.24, 2.45) is 0 Å². The van der Waals surface area contributed by atoms with Crippen molar-refractivity contribution >= 4 is 11.8 Å². The van der Waals surface area contributed by atoms with Crippen LogP contribution in [0.5, 0.6) is 0 Å². The average Bonchev–Trinajstić information content (AvgIpc) is 2.81. The summed E-state index contributed by atoms with van der Waals surface area (Å²) in [6.07, 6.45) is 1.00. The maximum absolute atomic E-state index is 9.26. The monoisotopic (exact) mass is 277 g/mol. The van der Waals surface area contributed by atoms with Crippen LogP contribution in [0.25, 0.3) is 0 Å². The molecule has 4 nitrogen and oxygen atoms in total. The summed E-state index contributed by atoms with van der Waals surface area (Å²) >= 11 is 1.67. The number of aliphatic hydroxyl groups is 1. The van der Waals surface area contributed by atoms with Gasteiger partial charge in [0.25, 0.3) is 0 Å². The molecule has 1 aromatic carbocycles. The molecular formula is C14H19N3OS. The van der Waals surface area contributed by atoms with Crippen molar-refractivity contribution in [3.05, 3.63) is 41.2 Å². The van der Waals surface area contributed by atoms with Gasteiger partial charge in [-0.2, -0.15) is 0 Å². The van der Waals surface area contributed by atoms with E-state index in [1.165, 1.54) is 11.1 Å². The molecule has 0 fully saturated rings. The summed E-state index contributed by atoms with van der Waals surface area (Å²) in [5.74, 6) is 1.52. The van der Waals surface area contributed by atoms with E-state index in [-0.39, 0.29) is 6.61 Å². The van der Waals surface area contributed by atoms with Gasteiger partial charge >= 0.3 is 0 Å². The third-order valence-electron chi connectivity index (χ3n) is 3.00. The van der Waals surface area contributed by atoms with Gasteiger partial charge in [0.1, 0.15) is 6.61 Å². The molecular weight excluding hydrogens is 258 g/mol. The smallest absolute Gasteiger partial charge is 0.191 e. The van der Waals surface area contributed by atoms with Crippen LogP contribution >= 0.6 is 11.8 Å². The molecule has 2 rings (SSSR count). The van der Waals surface area contributed by atoms with Gasteiger partial charge in [-0.15, -0.1) is 10.2 Å². The molecule has 0 unspecified atom stereocenters. The van der Waals surface area contributed by atoms with E-state index < -0.39 is 0 Å². The first-order valence-electron chi connectivity index (χ1n) is 6.46. The predicted octanol–water partition coefficient (Wildman–Crippen LogP) is 2.78. The lowest BCUT2D eigenvalue weighted by Gasteiger charge is -2.08. The first kappa shape index (κ1) is 14.1. The summed E-state index contributed by atoms with van der Waals surface area (Å²) in [5.41, 5.74) is 2.60. The molecule has 0 amide bonds. The normalized spacial score (nSPS) is 10.9. The minimum absolute atomic E-state index is 0.0576. The number of hydrogen-bond donors (Lipinski definition) is 1. The summed E-state index contributed by atoms with van der Waals surface area (Å²) in [6.45, 7) is 5.01. The molecule has 2 aromatic rings. The minimum atomic E-state index is -0.0576. The molecule has 1 N–H and O–H groups in total. The number of rotatable bonds is 6. The van der Waals surface area contributed by atoms with Crippen LogP contribution in [0.4, 0.5) is 0 Å². The highest BCUT2D eigenvalue weighted by Gasteiger charge is 2.11. The third kappa shape index (κ3) is 3.36. The first-order chi connectivity index (χ1) is 9.26. The van der Waals surface area contributed by atoms with Gasteiger partial charge in [0.15, 0.2) is 11.0 Å². The maximum Gasteiger partial charge on any atom is 0.191 e. The number of thioether (sulfide) groups is 1. The van der Waals surface area contributed by atoms with Crippen molar-refractivity contribution in [3.63, 3.8) is 0 Å². The third-order valence-corrected chi connectivity index (χ3v) is 4.02. The summed E-state index contributed by atoms with van der Waals surface area (Å²) < 4.78 is 2.00. The van der Waals surface area contributed by atoms with E-state index in [1.54, 1.807) is 11.8 Å². The quantitative estimate of drug-likeness (QED) is 0.825. The van der Waals surface area contributed by atoms with Gasteiger partial charge in [-0.25, -0.2) is 0 Å². The van der Waals surface area contributed by atoms with E-state index in [0.717, 1.165) is 23.9 Å². The fraction of sp³-hybridized carbons (Fsp3) is 0.429. The summed E-state index contributed by atoms with van der Waals surface area (Å²) in [4.78, 5) is 0. The largest absolute Gasteiger partial charge is 0.388 e. The summed E-state index contributed by atoms with van der Waals surface area (Å²) in [7, 11) is 0. The SMILES string of the molecule is CCCn1c(CO)nnc1SCc1ccccc1C. The van der Waals surface area contributed by atoms with Crippen LogP contribution < -0.4 is 0 Å². The fourth-order valence-electron chi connectivity index (χ4n) is 1.91. The lowest BCUT2D eigenvalue weighted by Crippen LogP contribution is -2.04. The molecule has 0 aliphatic carbocycles. The van der Waals surface area contributed by atoms with Crippen molar-refractivity contribution in [2.45, 2.75) is 44.3 Å². The van der Waals surface area contributed by atoms with Crippen LogP contribution in [0.2, 0.25) is 0 Å². The highest BCUT2D eigenvalue weighted by Crippen LogP contribution is 2.23. The Morgan fingerprint density at radius 3 is 2.74 bits per heavy atom. The maximum atomic E-state index is 9.26. The number of aromatic nitrogens is 3. The van der Waals surface area contributed by atoms with Gasteiger partial charge in [0.05, 0.1) is 0 Å². The molecule has 0 spiro atoms. The van der Waals surface area contributed by atoms with Crippen molar-refractivity contribution in [3.8, 4) is 0 Å². The second-order valence-corrected chi connectivity index (χ2v) is 5.37. The van der Waals surface area contributed by atoms with Gasteiger partial charge in [-0.3, -0.25) is 0 Å². The topological polar surface area (TPSA) is 50.9 Å². The zero-order valence-corrected chi connectivity index (χ0v) is 12.2. The Kier molecular flexibility index (Phi) is 4.99. The zero-order valence-electron chi connectivity index (χ0n) is 11.3. The highest BCUT2D eigenvalue weighted by atomic mass is 32.2. The zero-order chi connectivity index (χ0) is 13.7. The van der Waals surface area contributed by atoms with Crippen LogP contribution in [-0.4, -0.2) is 19.9 Å². The van der Waals surface area contributed by atoms with Crippen molar-refractivity contribution in [1.82, 2.24) is 14.8 Å². The molecule has 0 saturated carbocycles. The highest BCUT2D eigenvalue weighted by molar-refractivity contribution is 7.98. The molecule has 0 aliphatic heterocycles. The minimum Gasteiger partial charge on any atom is -0.388 e. The molecule has 0 radical (unpaired) electrons. The van der Waals surface area contributed by atoms with Gasteiger partial charge in [-0.1, -0.05) is 43.0 Å². The van der Waals surface area contributed by atoms with Gasteiger partial charge in [0, 0.05) is 12.3 Å². The fourth-order valence-corrected chi connectivity index (χ4v) is 2.96. The number of aryl methyl sites for hydroxylation is 1. The molecule has 0 atom stereocenters. The summed E-state index contributed by atoms with van der Waals surface area (Å²) in [5, 5.41) is 18.3. The molecule has 19 heavy (non-hydrogen) atoms. The lowest BCUT2D eigenvalue weighted by atomic mass is 10.1. The number of nitrogens with zero attached hydrogens (tertiary/aromatic N) is 3. The van der Waals surface area contributed by atoms with Crippen LogP contribution in [0.1, 0.15) is 30.3 Å². The molecule has 1 aromatic heterocycles. The Labute approximate surface area is 117 Å². The number of aliphatic hydroxyl groups excluding tert-OH is 1. The van der Waals surface area contributed by atoms with Crippen molar-refractivity contribution in [2.75, 3.05) is 0 Å². The summed E-state index contributed by atoms with van der Waals surface area (Å²) in [6, 6.07) is 8.35. The molecule has 1 heterocycles. The van der Waals surface area contributed by atoms with Crippen LogP contribution in [0.3, 0.4) is 0 Å². The number of hydrogen-bond acceptors (Lipinski definition) is 4. The Bertz CT molecular complexity index is 539. The number of benzene rings is 1. The molecule has 0 saturated heterocycles. The Hall–Kier alpha value is -1.33.